The monoisotopic (exact) mass is 539 g/mol. The average Bonchev–Trinajstić information content (AvgIpc) is 3.29. The van der Waals surface area contributed by atoms with Crippen molar-refractivity contribution in [2.75, 3.05) is 31.9 Å². The van der Waals surface area contributed by atoms with Gasteiger partial charge in [-0.3, -0.25) is 14.5 Å². The van der Waals surface area contributed by atoms with Gasteiger partial charge < -0.3 is 15.4 Å². The first-order chi connectivity index (χ1) is 17.4. The molecule has 5 rings (SSSR count). The Morgan fingerprint density at radius 2 is 1.92 bits per heavy atom. The van der Waals surface area contributed by atoms with Gasteiger partial charge in [-0.05, 0) is 58.2 Å². The predicted molar refractivity (Wildman–Crippen MR) is 130 cm³/mol. The van der Waals surface area contributed by atoms with Crippen LogP contribution in [0.3, 0.4) is 0 Å². The molecule has 2 aromatic heterocycles. The van der Waals surface area contributed by atoms with Gasteiger partial charge in [0, 0.05) is 37.1 Å². The number of rotatable bonds is 3. The van der Waals surface area contributed by atoms with Crippen molar-refractivity contribution in [3.05, 3.63) is 23.4 Å². The zero-order chi connectivity index (χ0) is 26.7. The molecule has 3 amide bonds. The SMILES string of the molecule is CC(C)N1C(=O)OC2(CCCN(C3CCN(C(=O)c4c(N)sc5nc(C(F)(F)F)ccc45)CC3)C2)C1=O. The van der Waals surface area contributed by atoms with Gasteiger partial charge in [0.25, 0.3) is 11.8 Å². The van der Waals surface area contributed by atoms with Crippen molar-refractivity contribution in [2.24, 2.45) is 0 Å². The van der Waals surface area contributed by atoms with Crippen molar-refractivity contribution < 1.29 is 32.3 Å². The molecule has 0 aliphatic carbocycles. The van der Waals surface area contributed by atoms with E-state index in [4.69, 9.17) is 10.5 Å². The smallest absolute Gasteiger partial charge is 0.431 e. The first kappa shape index (κ1) is 25.7. The fourth-order valence-corrected chi connectivity index (χ4v) is 6.53. The third kappa shape index (κ3) is 4.41. The van der Waals surface area contributed by atoms with Gasteiger partial charge in [0.2, 0.25) is 5.60 Å². The number of anilines is 1. The van der Waals surface area contributed by atoms with Crippen LogP contribution in [-0.4, -0.2) is 81.5 Å². The number of likely N-dealkylation sites (tertiary alicyclic amines) is 2. The number of nitrogen functional groups attached to an aromatic ring is 1. The molecular formula is C24H28F3N5O4S. The molecule has 9 nitrogen and oxygen atoms in total. The molecule has 1 unspecified atom stereocenters. The lowest BCUT2D eigenvalue weighted by Gasteiger charge is -2.44. The number of piperidine rings is 2. The van der Waals surface area contributed by atoms with Crippen LogP contribution >= 0.6 is 11.3 Å². The van der Waals surface area contributed by atoms with E-state index in [2.05, 4.69) is 9.88 Å². The molecule has 3 fully saturated rings. The molecule has 13 heteroatoms. The number of halogens is 3. The van der Waals surface area contributed by atoms with Gasteiger partial charge in [0.15, 0.2) is 0 Å². The molecule has 0 radical (unpaired) electrons. The predicted octanol–water partition coefficient (Wildman–Crippen LogP) is 3.72. The highest BCUT2D eigenvalue weighted by molar-refractivity contribution is 7.22. The Labute approximate surface area is 215 Å². The number of hydrogen-bond acceptors (Lipinski definition) is 8. The maximum Gasteiger partial charge on any atom is 0.433 e. The highest BCUT2D eigenvalue weighted by atomic mass is 32.1. The summed E-state index contributed by atoms with van der Waals surface area (Å²) in [6.07, 6.45) is -2.68. The molecule has 0 bridgehead atoms. The number of alkyl halides is 3. The first-order valence-corrected chi connectivity index (χ1v) is 13.1. The van der Waals surface area contributed by atoms with Gasteiger partial charge >= 0.3 is 12.3 Å². The van der Waals surface area contributed by atoms with Gasteiger partial charge in [-0.1, -0.05) is 11.3 Å². The lowest BCUT2D eigenvalue weighted by atomic mass is 9.89. The minimum absolute atomic E-state index is 0.0791. The Bertz CT molecular complexity index is 1260. The van der Waals surface area contributed by atoms with E-state index in [0.717, 1.165) is 23.9 Å². The maximum atomic E-state index is 13.3. The standard InChI is InChI=1S/C24H28F3N5O4S/c1-13(2)32-21(34)23(36-22(32)35)8-3-9-31(12-23)14-6-10-30(11-7-14)20(33)17-15-4-5-16(24(25,26)27)29-19(15)37-18(17)28/h4-5,13-14H,3,6-12,28H2,1-2H3. The van der Waals surface area contributed by atoms with E-state index in [9.17, 15) is 27.6 Å². The number of fused-ring (bicyclic) bond motifs is 1. The summed E-state index contributed by atoms with van der Waals surface area (Å²) in [5, 5.41) is 0.458. The summed E-state index contributed by atoms with van der Waals surface area (Å²) in [5.74, 6) is -0.613. The van der Waals surface area contributed by atoms with Crippen LogP contribution in [0.2, 0.25) is 0 Å². The van der Waals surface area contributed by atoms with Gasteiger partial charge in [0.05, 0.1) is 5.56 Å². The van der Waals surface area contributed by atoms with E-state index < -0.39 is 23.6 Å². The van der Waals surface area contributed by atoms with Gasteiger partial charge in [-0.15, -0.1) is 0 Å². The summed E-state index contributed by atoms with van der Waals surface area (Å²) in [6.45, 7) is 5.52. The first-order valence-electron chi connectivity index (χ1n) is 12.3. The molecule has 1 spiro atoms. The Kier molecular flexibility index (Phi) is 6.34. The Morgan fingerprint density at radius 1 is 1.22 bits per heavy atom. The number of aromatic nitrogens is 1. The second kappa shape index (κ2) is 9.12. The van der Waals surface area contributed by atoms with Crippen molar-refractivity contribution in [3.8, 4) is 0 Å². The van der Waals surface area contributed by atoms with Crippen LogP contribution in [0.15, 0.2) is 12.1 Å². The number of amides is 3. The number of pyridine rings is 1. The zero-order valence-electron chi connectivity index (χ0n) is 20.5. The number of imide groups is 1. The van der Waals surface area contributed by atoms with E-state index in [1.807, 2.05) is 0 Å². The van der Waals surface area contributed by atoms with Crippen molar-refractivity contribution in [2.45, 2.75) is 63.4 Å². The Hall–Kier alpha value is -2.93. The second-order valence-corrected chi connectivity index (χ2v) is 11.1. The van der Waals surface area contributed by atoms with Crippen LogP contribution in [0.1, 0.15) is 55.6 Å². The summed E-state index contributed by atoms with van der Waals surface area (Å²) in [6, 6.07) is 1.94. The van der Waals surface area contributed by atoms with E-state index in [1.54, 1.807) is 18.7 Å². The molecule has 3 aliphatic rings. The topological polar surface area (TPSA) is 109 Å². The Morgan fingerprint density at radius 3 is 2.54 bits per heavy atom. The summed E-state index contributed by atoms with van der Waals surface area (Å²) < 4.78 is 44.8. The maximum absolute atomic E-state index is 13.3. The number of hydrogen-bond donors (Lipinski definition) is 1. The van der Waals surface area contributed by atoms with Crippen molar-refractivity contribution in [1.29, 1.82) is 0 Å². The number of nitrogens with zero attached hydrogens (tertiary/aromatic N) is 4. The van der Waals surface area contributed by atoms with Crippen LogP contribution in [0.4, 0.5) is 23.0 Å². The molecule has 5 heterocycles. The molecule has 200 valence electrons. The van der Waals surface area contributed by atoms with Crippen molar-refractivity contribution >= 4 is 44.5 Å². The normalized spacial score (nSPS) is 24.1. The number of thiophene rings is 1. The molecule has 0 aromatic carbocycles. The van der Waals surface area contributed by atoms with Crippen LogP contribution in [-0.2, 0) is 15.7 Å². The molecule has 0 saturated carbocycles. The number of ether oxygens (including phenoxy) is 1. The van der Waals surface area contributed by atoms with E-state index in [0.29, 0.717) is 50.7 Å². The third-order valence-corrected chi connectivity index (χ3v) is 8.37. The zero-order valence-corrected chi connectivity index (χ0v) is 21.3. The minimum atomic E-state index is -4.58. The number of carbonyl (C=O) groups excluding carboxylic acids is 3. The van der Waals surface area contributed by atoms with E-state index in [1.165, 1.54) is 11.0 Å². The average molecular weight is 540 g/mol. The molecule has 3 aliphatic heterocycles. The second-order valence-electron chi connectivity index (χ2n) is 10.1. The summed E-state index contributed by atoms with van der Waals surface area (Å²) in [7, 11) is 0. The fourth-order valence-electron chi connectivity index (χ4n) is 5.60. The lowest BCUT2D eigenvalue weighted by molar-refractivity contribution is -0.143. The largest absolute Gasteiger partial charge is 0.433 e. The molecule has 2 N–H and O–H groups in total. The number of carbonyl (C=O) groups is 3. The van der Waals surface area contributed by atoms with Gasteiger partial charge in [-0.2, -0.15) is 13.2 Å². The minimum Gasteiger partial charge on any atom is -0.431 e. The third-order valence-electron chi connectivity index (χ3n) is 7.44. The Balaban J connectivity index is 1.27. The van der Waals surface area contributed by atoms with Crippen LogP contribution in [0, 0.1) is 0 Å². The van der Waals surface area contributed by atoms with Crippen LogP contribution in [0.5, 0.6) is 0 Å². The summed E-state index contributed by atoms with van der Waals surface area (Å²) >= 11 is 0.871. The number of nitrogens with two attached hydrogens (primary N) is 1. The highest BCUT2D eigenvalue weighted by Crippen LogP contribution is 2.38. The molecule has 2 aromatic rings. The molecule has 37 heavy (non-hydrogen) atoms. The van der Waals surface area contributed by atoms with E-state index >= 15 is 0 Å². The van der Waals surface area contributed by atoms with Gasteiger partial charge in [-0.25, -0.2) is 14.7 Å². The van der Waals surface area contributed by atoms with Crippen molar-refractivity contribution in [1.82, 2.24) is 19.7 Å². The summed E-state index contributed by atoms with van der Waals surface area (Å²) in [5.41, 5.74) is 4.06. The lowest BCUT2D eigenvalue weighted by Crippen LogP contribution is -2.58. The highest BCUT2D eigenvalue weighted by Gasteiger charge is 2.56. The van der Waals surface area contributed by atoms with Gasteiger partial charge in [0.1, 0.15) is 15.5 Å². The fraction of sp³-hybridized carbons (Fsp3) is 0.583. The van der Waals surface area contributed by atoms with Crippen LogP contribution < -0.4 is 5.73 Å². The molecule has 3 saturated heterocycles. The van der Waals surface area contributed by atoms with E-state index in [-0.39, 0.29) is 39.3 Å². The quantitative estimate of drug-likeness (QED) is 0.633. The van der Waals surface area contributed by atoms with Crippen LogP contribution in [0.25, 0.3) is 10.2 Å². The molecule has 1 atom stereocenters. The summed E-state index contributed by atoms with van der Waals surface area (Å²) in [4.78, 5) is 47.5. The molecular weight excluding hydrogens is 511 g/mol. The van der Waals surface area contributed by atoms with Crippen molar-refractivity contribution in [3.63, 3.8) is 0 Å².